The first-order valence-corrected chi connectivity index (χ1v) is 4.40. The van der Waals surface area contributed by atoms with Gasteiger partial charge in [0, 0.05) is 18.8 Å². The molecule has 0 saturated carbocycles. The SMILES string of the molecule is C1=CC(c2ccccc2)=CN=CC1. The van der Waals surface area contributed by atoms with E-state index in [2.05, 4.69) is 29.3 Å². The highest BCUT2D eigenvalue weighted by atomic mass is 14.7. The molecule has 0 spiro atoms. The minimum Gasteiger partial charge on any atom is -0.268 e. The highest BCUT2D eigenvalue weighted by molar-refractivity contribution is 5.77. The predicted octanol–water partition coefficient (Wildman–Crippen LogP) is 3.06. The van der Waals surface area contributed by atoms with Gasteiger partial charge in [-0.2, -0.15) is 0 Å². The van der Waals surface area contributed by atoms with E-state index in [-0.39, 0.29) is 0 Å². The molecule has 1 aromatic rings. The Labute approximate surface area is 78.1 Å². The maximum atomic E-state index is 4.18. The molecule has 0 unspecified atom stereocenters. The summed E-state index contributed by atoms with van der Waals surface area (Å²) in [6.07, 6.45) is 8.97. The molecule has 0 radical (unpaired) electrons. The van der Waals surface area contributed by atoms with Crippen molar-refractivity contribution in [3.8, 4) is 0 Å². The monoisotopic (exact) mass is 169 g/mol. The third-order valence-corrected chi connectivity index (χ3v) is 1.97. The van der Waals surface area contributed by atoms with E-state index in [0.29, 0.717) is 0 Å². The number of allylic oxidation sites excluding steroid dienone is 3. The van der Waals surface area contributed by atoms with Gasteiger partial charge in [0.25, 0.3) is 0 Å². The van der Waals surface area contributed by atoms with Crippen molar-refractivity contribution in [1.82, 2.24) is 0 Å². The predicted molar refractivity (Wildman–Crippen MR) is 56.7 cm³/mol. The van der Waals surface area contributed by atoms with Gasteiger partial charge in [0.2, 0.25) is 0 Å². The molecular formula is C12H11N. The van der Waals surface area contributed by atoms with Gasteiger partial charge in [-0.15, -0.1) is 0 Å². The minimum atomic E-state index is 0.923. The van der Waals surface area contributed by atoms with E-state index < -0.39 is 0 Å². The van der Waals surface area contributed by atoms with E-state index in [1.54, 1.807) is 0 Å². The van der Waals surface area contributed by atoms with Crippen molar-refractivity contribution in [2.24, 2.45) is 4.99 Å². The Morgan fingerprint density at radius 1 is 1.08 bits per heavy atom. The van der Waals surface area contributed by atoms with Gasteiger partial charge in [-0.05, 0) is 11.1 Å². The molecule has 0 N–H and O–H groups in total. The Kier molecular flexibility index (Phi) is 2.37. The van der Waals surface area contributed by atoms with E-state index in [1.807, 2.05) is 30.6 Å². The molecule has 1 aliphatic heterocycles. The third kappa shape index (κ3) is 1.94. The summed E-state index contributed by atoms with van der Waals surface area (Å²) in [7, 11) is 0. The van der Waals surface area contributed by atoms with Gasteiger partial charge in [0.1, 0.15) is 0 Å². The Hall–Kier alpha value is -1.63. The molecule has 0 aliphatic carbocycles. The van der Waals surface area contributed by atoms with Gasteiger partial charge in [0.15, 0.2) is 0 Å². The van der Waals surface area contributed by atoms with Gasteiger partial charge in [-0.1, -0.05) is 42.5 Å². The van der Waals surface area contributed by atoms with Crippen LogP contribution in [-0.4, -0.2) is 6.21 Å². The zero-order valence-corrected chi connectivity index (χ0v) is 7.35. The van der Waals surface area contributed by atoms with Crippen molar-refractivity contribution in [3.63, 3.8) is 0 Å². The van der Waals surface area contributed by atoms with E-state index in [1.165, 1.54) is 11.1 Å². The van der Waals surface area contributed by atoms with Crippen molar-refractivity contribution < 1.29 is 0 Å². The summed E-state index contributed by atoms with van der Waals surface area (Å²) in [6, 6.07) is 10.3. The summed E-state index contributed by atoms with van der Waals surface area (Å²) in [4.78, 5) is 4.18. The zero-order chi connectivity index (χ0) is 8.93. The molecular weight excluding hydrogens is 158 g/mol. The van der Waals surface area contributed by atoms with Crippen molar-refractivity contribution in [1.29, 1.82) is 0 Å². The number of hydrogen-bond donors (Lipinski definition) is 0. The summed E-state index contributed by atoms with van der Waals surface area (Å²) in [6.45, 7) is 0. The molecule has 0 fully saturated rings. The first-order valence-electron chi connectivity index (χ1n) is 4.40. The molecule has 2 rings (SSSR count). The summed E-state index contributed by atoms with van der Waals surface area (Å²) in [5.41, 5.74) is 2.40. The highest BCUT2D eigenvalue weighted by Gasteiger charge is 1.96. The second-order valence-electron chi connectivity index (χ2n) is 2.92. The molecule has 0 atom stereocenters. The lowest BCUT2D eigenvalue weighted by Crippen LogP contribution is -1.77. The summed E-state index contributed by atoms with van der Waals surface area (Å²) in [5, 5.41) is 0. The van der Waals surface area contributed by atoms with Gasteiger partial charge in [-0.25, -0.2) is 0 Å². The van der Waals surface area contributed by atoms with Crippen molar-refractivity contribution >= 4 is 11.8 Å². The third-order valence-electron chi connectivity index (χ3n) is 1.97. The molecule has 1 aliphatic rings. The normalized spacial score (nSPS) is 15.2. The van der Waals surface area contributed by atoms with Crippen molar-refractivity contribution in [2.75, 3.05) is 0 Å². The fraction of sp³-hybridized carbons (Fsp3) is 0.0833. The molecule has 0 bridgehead atoms. The van der Waals surface area contributed by atoms with Crippen LogP contribution in [-0.2, 0) is 0 Å². The van der Waals surface area contributed by atoms with Gasteiger partial charge >= 0.3 is 0 Å². The lowest BCUT2D eigenvalue weighted by molar-refractivity contribution is 1.50. The van der Waals surface area contributed by atoms with Crippen LogP contribution in [0.15, 0.2) is 53.7 Å². The number of benzene rings is 1. The van der Waals surface area contributed by atoms with Crippen LogP contribution in [0.25, 0.3) is 5.57 Å². The first kappa shape index (κ1) is 7.99. The van der Waals surface area contributed by atoms with Crippen LogP contribution >= 0.6 is 0 Å². The quantitative estimate of drug-likeness (QED) is 0.612. The Morgan fingerprint density at radius 2 is 1.92 bits per heavy atom. The largest absolute Gasteiger partial charge is 0.268 e. The Morgan fingerprint density at radius 3 is 2.77 bits per heavy atom. The van der Waals surface area contributed by atoms with Crippen LogP contribution in [0.5, 0.6) is 0 Å². The maximum Gasteiger partial charge on any atom is 0.0342 e. The number of nitrogens with zero attached hydrogens (tertiary/aromatic N) is 1. The molecule has 1 heteroatoms. The van der Waals surface area contributed by atoms with Crippen LogP contribution in [0.3, 0.4) is 0 Å². The Bertz CT molecular complexity index is 358. The number of rotatable bonds is 1. The molecule has 1 heterocycles. The lowest BCUT2D eigenvalue weighted by Gasteiger charge is -1.98. The topological polar surface area (TPSA) is 12.4 Å². The van der Waals surface area contributed by atoms with Crippen LogP contribution < -0.4 is 0 Å². The van der Waals surface area contributed by atoms with Gasteiger partial charge < -0.3 is 0 Å². The molecule has 13 heavy (non-hydrogen) atoms. The molecule has 1 nitrogen and oxygen atoms in total. The lowest BCUT2D eigenvalue weighted by atomic mass is 10.1. The molecule has 0 amide bonds. The second-order valence-corrected chi connectivity index (χ2v) is 2.92. The zero-order valence-electron chi connectivity index (χ0n) is 7.35. The fourth-order valence-electron chi connectivity index (χ4n) is 1.29. The van der Waals surface area contributed by atoms with Crippen LogP contribution in [0, 0.1) is 0 Å². The summed E-state index contributed by atoms with van der Waals surface area (Å²) >= 11 is 0. The summed E-state index contributed by atoms with van der Waals surface area (Å²) < 4.78 is 0. The molecule has 64 valence electrons. The van der Waals surface area contributed by atoms with E-state index in [9.17, 15) is 0 Å². The van der Waals surface area contributed by atoms with E-state index >= 15 is 0 Å². The average molecular weight is 169 g/mol. The smallest absolute Gasteiger partial charge is 0.0342 e. The Balaban J connectivity index is 2.36. The van der Waals surface area contributed by atoms with Crippen LogP contribution in [0.1, 0.15) is 12.0 Å². The first-order chi connectivity index (χ1) is 6.47. The van der Waals surface area contributed by atoms with Crippen LogP contribution in [0.2, 0.25) is 0 Å². The van der Waals surface area contributed by atoms with Gasteiger partial charge in [0.05, 0.1) is 0 Å². The summed E-state index contributed by atoms with van der Waals surface area (Å²) in [5.74, 6) is 0. The maximum absolute atomic E-state index is 4.18. The minimum absolute atomic E-state index is 0.923. The van der Waals surface area contributed by atoms with Crippen LogP contribution in [0.4, 0.5) is 0 Å². The standard InChI is InChI=1S/C12H11N/c1-2-6-11(7-3-1)12-8-4-5-9-13-10-12/h1-4,6-10H,5H2. The van der Waals surface area contributed by atoms with Gasteiger partial charge in [-0.3, -0.25) is 4.99 Å². The number of hydrogen-bond acceptors (Lipinski definition) is 1. The van der Waals surface area contributed by atoms with Crippen molar-refractivity contribution in [3.05, 3.63) is 54.2 Å². The number of aliphatic imine (C=N–C) groups is 1. The molecule has 0 aromatic heterocycles. The van der Waals surface area contributed by atoms with Crippen molar-refractivity contribution in [2.45, 2.75) is 6.42 Å². The molecule has 0 saturated heterocycles. The highest BCUT2D eigenvalue weighted by Crippen LogP contribution is 2.16. The fourth-order valence-corrected chi connectivity index (χ4v) is 1.29. The van der Waals surface area contributed by atoms with E-state index in [4.69, 9.17) is 0 Å². The molecule has 1 aromatic carbocycles. The average Bonchev–Trinajstić information content (AvgIpc) is 2.47. The van der Waals surface area contributed by atoms with E-state index in [0.717, 1.165) is 6.42 Å². The second kappa shape index (κ2) is 3.85.